The lowest BCUT2D eigenvalue weighted by molar-refractivity contribution is 0.268. The largest absolute Gasteiger partial charge is 0.491 e. The van der Waals surface area contributed by atoms with E-state index in [0.29, 0.717) is 18.2 Å². The number of aromatic nitrogens is 3. The van der Waals surface area contributed by atoms with E-state index in [1.54, 1.807) is 12.5 Å². The second-order valence-electron chi connectivity index (χ2n) is 8.22. The topological polar surface area (TPSA) is 72.4 Å². The number of rotatable bonds is 9. The van der Waals surface area contributed by atoms with Gasteiger partial charge in [-0.2, -0.15) is 0 Å². The van der Waals surface area contributed by atoms with Gasteiger partial charge in [-0.05, 0) is 68.8 Å². The number of nitrogens with zero attached hydrogens (tertiary/aromatic N) is 4. The first-order chi connectivity index (χ1) is 16.4. The maximum absolute atomic E-state index is 6.11. The summed E-state index contributed by atoms with van der Waals surface area (Å²) in [4.78, 5) is 15.3. The molecule has 0 bridgehead atoms. The van der Waals surface area contributed by atoms with Crippen LogP contribution in [0.25, 0.3) is 10.9 Å². The van der Waals surface area contributed by atoms with Gasteiger partial charge in [0.2, 0.25) is 0 Å². The molecule has 0 fully saturated rings. The molecule has 4 aromatic rings. The number of hydrogen-bond acceptors (Lipinski definition) is 7. The molecule has 34 heavy (non-hydrogen) atoms. The third-order valence-corrected chi connectivity index (χ3v) is 5.51. The third kappa shape index (κ3) is 5.43. The Morgan fingerprint density at radius 2 is 1.88 bits per heavy atom. The summed E-state index contributed by atoms with van der Waals surface area (Å²) in [6.45, 7) is 11.1. The van der Waals surface area contributed by atoms with Gasteiger partial charge in [-0.3, -0.25) is 4.98 Å². The van der Waals surface area contributed by atoms with Crippen LogP contribution in [0, 0.1) is 13.8 Å². The number of aryl methyl sites for hydroxylation is 2. The summed E-state index contributed by atoms with van der Waals surface area (Å²) in [6.07, 6.45) is 3.28. The van der Waals surface area contributed by atoms with E-state index in [1.807, 2.05) is 76.3 Å². The van der Waals surface area contributed by atoms with Crippen LogP contribution in [0.1, 0.15) is 18.2 Å². The number of fused-ring (bicyclic) bond motifs is 1. The maximum Gasteiger partial charge on any atom is 0.145 e. The third-order valence-electron chi connectivity index (χ3n) is 5.51. The molecule has 0 aliphatic rings. The quantitative estimate of drug-likeness (QED) is 0.331. The first kappa shape index (κ1) is 23.0. The lowest BCUT2D eigenvalue weighted by Crippen LogP contribution is -2.22. The minimum Gasteiger partial charge on any atom is -0.491 e. The second-order valence-corrected chi connectivity index (χ2v) is 8.22. The van der Waals surface area contributed by atoms with Gasteiger partial charge < -0.3 is 19.7 Å². The Hall–Kier alpha value is -4.13. The molecule has 0 amide bonds. The number of hydrogen-bond donors (Lipinski definition) is 1. The zero-order valence-corrected chi connectivity index (χ0v) is 20.0. The van der Waals surface area contributed by atoms with Crippen LogP contribution in [0.15, 0.2) is 73.3 Å². The van der Waals surface area contributed by atoms with E-state index >= 15 is 0 Å². The van der Waals surface area contributed by atoms with Crippen molar-refractivity contribution in [3.05, 3.63) is 84.6 Å². The normalized spacial score (nSPS) is 10.7. The zero-order valence-electron chi connectivity index (χ0n) is 20.0. The minimum absolute atomic E-state index is 0.524. The molecule has 0 atom stereocenters. The van der Waals surface area contributed by atoms with Crippen molar-refractivity contribution in [1.29, 1.82) is 0 Å². The number of ether oxygens (including phenoxy) is 2. The van der Waals surface area contributed by atoms with Gasteiger partial charge in [-0.15, -0.1) is 0 Å². The molecule has 0 unspecified atom stereocenters. The number of nitrogens with one attached hydrogen (secondary N) is 1. The number of likely N-dealkylation sites (N-methyl/N-ethyl adjacent to an activating group) is 1. The molecule has 7 nitrogen and oxygen atoms in total. The Labute approximate surface area is 200 Å². The van der Waals surface area contributed by atoms with Gasteiger partial charge in [0.05, 0.1) is 23.6 Å². The van der Waals surface area contributed by atoms with Gasteiger partial charge in [0.15, 0.2) is 0 Å². The zero-order chi connectivity index (χ0) is 24.1. The number of pyridine rings is 1. The van der Waals surface area contributed by atoms with E-state index in [-0.39, 0.29) is 0 Å². The molecule has 2 aromatic heterocycles. The van der Waals surface area contributed by atoms with Crippen LogP contribution in [-0.4, -0.2) is 40.1 Å². The van der Waals surface area contributed by atoms with Crippen LogP contribution in [0.4, 0.5) is 11.5 Å². The highest BCUT2D eigenvalue weighted by atomic mass is 16.5. The van der Waals surface area contributed by atoms with Crippen molar-refractivity contribution in [3.8, 4) is 17.2 Å². The molecule has 174 valence electrons. The van der Waals surface area contributed by atoms with Gasteiger partial charge in [-0.1, -0.05) is 12.6 Å². The Morgan fingerprint density at radius 1 is 1.03 bits per heavy atom. The molecular weight excluding hydrogens is 426 g/mol. The van der Waals surface area contributed by atoms with Gasteiger partial charge in [0.1, 0.15) is 36.0 Å². The monoisotopic (exact) mass is 455 g/mol. The first-order valence-corrected chi connectivity index (χ1v) is 11.1. The summed E-state index contributed by atoms with van der Waals surface area (Å²) < 4.78 is 12.1. The van der Waals surface area contributed by atoms with E-state index in [1.165, 1.54) is 0 Å². The van der Waals surface area contributed by atoms with Gasteiger partial charge >= 0.3 is 0 Å². The molecule has 0 aliphatic carbocycles. The summed E-state index contributed by atoms with van der Waals surface area (Å²) in [5.74, 6) is 2.90. The average molecular weight is 456 g/mol. The van der Waals surface area contributed by atoms with Gasteiger partial charge in [0.25, 0.3) is 0 Å². The summed E-state index contributed by atoms with van der Waals surface area (Å²) in [5.41, 5.74) is 4.64. The molecular formula is C27H29N5O2. The summed E-state index contributed by atoms with van der Waals surface area (Å²) in [6, 6.07) is 15.6. The fraction of sp³-hybridized carbons (Fsp3) is 0.222. The Balaban J connectivity index is 1.55. The number of benzene rings is 2. The Bertz CT molecular complexity index is 1300. The molecule has 2 heterocycles. The fourth-order valence-electron chi connectivity index (χ4n) is 3.40. The van der Waals surface area contributed by atoms with Crippen molar-refractivity contribution in [1.82, 2.24) is 19.9 Å². The highest BCUT2D eigenvalue weighted by Gasteiger charge is 2.12. The van der Waals surface area contributed by atoms with Crippen LogP contribution in [0.5, 0.6) is 17.2 Å². The minimum atomic E-state index is 0.524. The molecule has 4 rings (SSSR count). The standard InChI is InChI=1S/C27H29N5O2/c1-18(2)32(5)13-14-33-25-8-6-7-23-26(25)27(30-17-29-23)31-21-10-12-24(19(3)15-21)34-22-11-9-20(4)28-16-22/h6-12,15-17H,1,13-14H2,2-5H3,(H,29,30,31). The van der Waals surface area contributed by atoms with Crippen molar-refractivity contribution >= 4 is 22.4 Å². The maximum atomic E-state index is 6.11. The number of anilines is 2. The smallest absolute Gasteiger partial charge is 0.145 e. The Kier molecular flexibility index (Phi) is 6.92. The lowest BCUT2D eigenvalue weighted by Gasteiger charge is -2.19. The molecule has 0 spiro atoms. The van der Waals surface area contributed by atoms with Crippen molar-refractivity contribution in [2.75, 3.05) is 25.5 Å². The SMILES string of the molecule is C=C(C)N(C)CCOc1cccc2ncnc(Nc3ccc(Oc4ccc(C)nc4)c(C)c3)c12. The van der Waals surface area contributed by atoms with Crippen LogP contribution >= 0.6 is 0 Å². The van der Waals surface area contributed by atoms with Crippen molar-refractivity contribution < 1.29 is 9.47 Å². The van der Waals surface area contributed by atoms with Crippen molar-refractivity contribution in [2.24, 2.45) is 0 Å². The van der Waals surface area contributed by atoms with Crippen LogP contribution in [-0.2, 0) is 0 Å². The van der Waals surface area contributed by atoms with Gasteiger partial charge in [0, 0.05) is 24.1 Å². The Morgan fingerprint density at radius 3 is 2.62 bits per heavy atom. The predicted octanol–water partition coefficient (Wildman–Crippen LogP) is 6.02. The number of allylic oxidation sites excluding steroid dienone is 1. The molecule has 0 saturated heterocycles. The summed E-state index contributed by atoms with van der Waals surface area (Å²) in [5, 5.41) is 4.26. The molecule has 7 heteroatoms. The molecule has 0 saturated carbocycles. The summed E-state index contributed by atoms with van der Waals surface area (Å²) >= 11 is 0. The molecule has 0 radical (unpaired) electrons. The van der Waals surface area contributed by atoms with E-state index in [0.717, 1.165) is 51.6 Å². The molecule has 1 N–H and O–H groups in total. The second kappa shape index (κ2) is 10.2. The van der Waals surface area contributed by atoms with E-state index in [9.17, 15) is 0 Å². The van der Waals surface area contributed by atoms with Gasteiger partial charge in [-0.25, -0.2) is 9.97 Å². The highest BCUT2D eigenvalue weighted by Crippen LogP contribution is 2.33. The van der Waals surface area contributed by atoms with E-state index in [4.69, 9.17) is 9.47 Å². The van der Waals surface area contributed by atoms with Crippen molar-refractivity contribution in [3.63, 3.8) is 0 Å². The average Bonchev–Trinajstić information content (AvgIpc) is 2.82. The predicted molar refractivity (Wildman–Crippen MR) is 136 cm³/mol. The summed E-state index contributed by atoms with van der Waals surface area (Å²) in [7, 11) is 2.00. The molecule has 0 aliphatic heterocycles. The fourth-order valence-corrected chi connectivity index (χ4v) is 3.40. The molecule has 2 aromatic carbocycles. The van der Waals surface area contributed by atoms with E-state index < -0.39 is 0 Å². The van der Waals surface area contributed by atoms with Crippen molar-refractivity contribution in [2.45, 2.75) is 20.8 Å². The van der Waals surface area contributed by atoms with Crippen LogP contribution in [0.3, 0.4) is 0 Å². The van der Waals surface area contributed by atoms with Crippen LogP contribution in [0.2, 0.25) is 0 Å². The highest BCUT2D eigenvalue weighted by molar-refractivity contribution is 5.95. The van der Waals surface area contributed by atoms with Crippen LogP contribution < -0.4 is 14.8 Å². The first-order valence-electron chi connectivity index (χ1n) is 11.1. The lowest BCUT2D eigenvalue weighted by atomic mass is 10.1. The van der Waals surface area contributed by atoms with E-state index in [2.05, 4.69) is 31.7 Å².